The first-order chi connectivity index (χ1) is 10.5. The van der Waals surface area contributed by atoms with Crippen LogP contribution in [0.25, 0.3) is 10.9 Å². The van der Waals surface area contributed by atoms with Gasteiger partial charge in [-0.3, -0.25) is 0 Å². The average molecular weight is 327 g/mol. The molecule has 0 unspecified atom stereocenters. The second-order valence-corrected chi connectivity index (χ2v) is 5.63. The Morgan fingerprint density at radius 1 is 1.27 bits per heavy atom. The number of rotatable bonds is 4. The van der Waals surface area contributed by atoms with Crippen LogP contribution in [-0.2, 0) is 4.74 Å². The van der Waals surface area contributed by atoms with E-state index in [-0.39, 0.29) is 12.4 Å². The summed E-state index contributed by atoms with van der Waals surface area (Å²) in [7, 11) is 0. The standard InChI is InChI=1S/C15H15F2NO3S/c1-4-20-15(19)21-13-8(3)9-6-10(16)11(17)7-12(9)18-14(13)22-5-2/h6-7H,4-5H2,1-3H3. The summed E-state index contributed by atoms with van der Waals surface area (Å²) < 4.78 is 36.8. The van der Waals surface area contributed by atoms with Crippen LogP contribution in [0.4, 0.5) is 13.6 Å². The first-order valence-electron chi connectivity index (χ1n) is 6.74. The smallest absolute Gasteiger partial charge is 0.434 e. The van der Waals surface area contributed by atoms with Gasteiger partial charge in [0.2, 0.25) is 0 Å². The minimum Gasteiger partial charge on any atom is -0.434 e. The highest BCUT2D eigenvalue weighted by Gasteiger charge is 2.19. The summed E-state index contributed by atoms with van der Waals surface area (Å²) in [6.07, 6.45) is -0.854. The zero-order valence-electron chi connectivity index (χ0n) is 12.4. The maximum atomic E-state index is 13.5. The van der Waals surface area contributed by atoms with Gasteiger partial charge in [0.05, 0.1) is 12.1 Å². The number of ether oxygens (including phenoxy) is 2. The van der Waals surface area contributed by atoms with E-state index in [1.54, 1.807) is 13.8 Å². The van der Waals surface area contributed by atoms with Crippen LogP contribution < -0.4 is 4.74 Å². The Morgan fingerprint density at radius 2 is 1.95 bits per heavy atom. The molecule has 0 fully saturated rings. The molecule has 22 heavy (non-hydrogen) atoms. The van der Waals surface area contributed by atoms with Crippen molar-refractivity contribution in [3.05, 3.63) is 29.3 Å². The molecule has 7 heteroatoms. The Labute approximate surface area is 130 Å². The largest absolute Gasteiger partial charge is 0.513 e. The molecule has 0 spiro atoms. The lowest BCUT2D eigenvalue weighted by molar-refractivity contribution is 0.103. The van der Waals surface area contributed by atoms with Gasteiger partial charge < -0.3 is 9.47 Å². The highest BCUT2D eigenvalue weighted by Crippen LogP contribution is 2.36. The monoisotopic (exact) mass is 327 g/mol. The van der Waals surface area contributed by atoms with E-state index in [4.69, 9.17) is 9.47 Å². The Bertz CT molecular complexity index is 722. The van der Waals surface area contributed by atoms with Crippen molar-refractivity contribution in [2.24, 2.45) is 0 Å². The number of hydrogen-bond donors (Lipinski definition) is 0. The van der Waals surface area contributed by atoms with E-state index in [1.165, 1.54) is 11.8 Å². The van der Waals surface area contributed by atoms with Gasteiger partial charge >= 0.3 is 6.16 Å². The molecule has 0 aliphatic rings. The van der Waals surface area contributed by atoms with Gasteiger partial charge in [0.25, 0.3) is 0 Å². The highest BCUT2D eigenvalue weighted by molar-refractivity contribution is 7.99. The first kappa shape index (κ1) is 16.5. The van der Waals surface area contributed by atoms with Crippen LogP contribution in [0.15, 0.2) is 17.2 Å². The van der Waals surface area contributed by atoms with Crippen molar-refractivity contribution in [3.63, 3.8) is 0 Å². The van der Waals surface area contributed by atoms with Crippen molar-refractivity contribution in [3.8, 4) is 5.75 Å². The van der Waals surface area contributed by atoms with Crippen LogP contribution in [0.1, 0.15) is 19.4 Å². The molecule has 0 saturated carbocycles. The summed E-state index contributed by atoms with van der Waals surface area (Å²) in [4.78, 5) is 15.8. The lowest BCUT2D eigenvalue weighted by Gasteiger charge is -2.13. The maximum Gasteiger partial charge on any atom is 0.513 e. The van der Waals surface area contributed by atoms with Gasteiger partial charge in [-0.15, -0.1) is 11.8 Å². The normalized spacial score (nSPS) is 10.8. The van der Waals surface area contributed by atoms with Crippen LogP contribution in [0.3, 0.4) is 0 Å². The minimum atomic E-state index is -0.977. The van der Waals surface area contributed by atoms with Crippen molar-refractivity contribution in [1.29, 1.82) is 0 Å². The SMILES string of the molecule is CCOC(=O)Oc1c(SCC)nc2cc(F)c(F)cc2c1C. The summed E-state index contributed by atoms with van der Waals surface area (Å²) in [6, 6.07) is 2.08. The zero-order chi connectivity index (χ0) is 16.3. The lowest BCUT2D eigenvalue weighted by Crippen LogP contribution is -2.12. The van der Waals surface area contributed by atoms with E-state index in [1.807, 2.05) is 6.92 Å². The van der Waals surface area contributed by atoms with Crippen LogP contribution in [0.5, 0.6) is 5.75 Å². The molecule has 0 aliphatic heterocycles. The predicted octanol–water partition coefficient (Wildman–Crippen LogP) is 4.47. The molecule has 1 heterocycles. The lowest BCUT2D eigenvalue weighted by atomic mass is 10.1. The van der Waals surface area contributed by atoms with Gasteiger partial charge in [-0.2, -0.15) is 0 Å². The zero-order valence-corrected chi connectivity index (χ0v) is 13.2. The number of carbonyl (C=O) groups is 1. The topological polar surface area (TPSA) is 48.4 Å². The Balaban J connectivity index is 2.60. The van der Waals surface area contributed by atoms with Crippen molar-refractivity contribution >= 4 is 28.8 Å². The Morgan fingerprint density at radius 3 is 2.59 bits per heavy atom. The number of halogens is 2. The van der Waals surface area contributed by atoms with Crippen molar-refractivity contribution in [2.75, 3.05) is 12.4 Å². The van der Waals surface area contributed by atoms with E-state index in [0.29, 0.717) is 27.2 Å². The molecule has 0 bridgehead atoms. The molecule has 0 saturated heterocycles. The molecule has 0 aliphatic carbocycles. The Hall–Kier alpha value is -1.89. The molecular formula is C15H15F2NO3S. The second-order valence-electron chi connectivity index (χ2n) is 4.37. The molecule has 2 rings (SSSR count). The number of nitrogens with zero attached hydrogens (tertiary/aromatic N) is 1. The predicted molar refractivity (Wildman–Crippen MR) is 80.4 cm³/mol. The van der Waals surface area contributed by atoms with Crippen molar-refractivity contribution in [2.45, 2.75) is 25.8 Å². The van der Waals surface area contributed by atoms with Crippen LogP contribution in [0.2, 0.25) is 0 Å². The van der Waals surface area contributed by atoms with Crippen molar-refractivity contribution < 1.29 is 23.0 Å². The van der Waals surface area contributed by atoms with E-state index in [0.717, 1.165) is 12.1 Å². The van der Waals surface area contributed by atoms with Gasteiger partial charge in [-0.1, -0.05) is 6.92 Å². The maximum absolute atomic E-state index is 13.5. The second kappa shape index (κ2) is 6.91. The number of carbonyl (C=O) groups excluding carboxylic acids is 1. The average Bonchev–Trinajstić information content (AvgIpc) is 2.46. The Kier molecular flexibility index (Phi) is 5.18. The number of aromatic nitrogens is 1. The van der Waals surface area contributed by atoms with Gasteiger partial charge in [0.1, 0.15) is 5.03 Å². The molecule has 4 nitrogen and oxygen atoms in total. The van der Waals surface area contributed by atoms with Gasteiger partial charge in [0.15, 0.2) is 17.4 Å². The fourth-order valence-electron chi connectivity index (χ4n) is 1.96. The molecule has 0 radical (unpaired) electrons. The number of pyridine rings is 1. The molecule has 0 atom stereocenters. The summed E-state index contributed by atoms with van der Waals surface area (Å²) in [5.74, 6) is -1.05. The number of thioether (sulfide) groups is 1. The number of benzene rings is 1. The number of fused-ring (bicyclic) bond motifs is 1. The van der Waals surface area contributed by atoms with E-state index >= 15 is 0 Å². The molecule has 0 amide bonds. The molecular weight excluding hydrogens is 312 g/mol. The van der Waals surface area contributed by atoms with Crippen LogP contribution in [-0.4, -0.2) is 23.5 Å². The minimum absolute atomic E-state index is 0.176. The molecule has 1 aromatic heterocycles. The fourth-order valence-corrected chi connectivity index (χ4v) is 2.72. The first-order valence-corrected chi connectivity index (χ1v) is 7.73. The summed E-state index contributed by atoms with van der Waals surface area (Å²) in [6.45, 7) is 5.41. The van der Waals surface area contributed by atoms with Gasteiger partial charge in [0, 0.05) is 17.0 Å². The third-order valence-corrected chi connectivity index (χ3v) is 3.77. The van der Waals surface area contributed by atoms with Gasteiger partial charge in [-0.05, 0) is 25.7 Å². The third kappa shape index (κ3) is 3.30. The van der Waals surface area contributed by atoms with E-state index in [9.17, 15) is 13.6 Å². The molecule has 2 aromatic rings. The third-order valence-electron chi connectivity index (χ3n) is 2.93. The van der Waals surface area contributed by atoms with Crippen LogP contribution >= 0.6 is 11.8 Å². The van der Waals surface area contributed by atoms with Gasteiger partial charge in [-0.25, -0.2) is 18.6 Å². The number of hydrogen-bond acceptors (Lipinski definition) is 5. The quantitative estimate of drug-likeness (QED) is 0.612. The van der Waals surface area contributed by atoms with Crippen molar-refractivity contribution in [1.82, 2.24) is 4.98 Å². The fraction of sp³-hybridized carbons (Fsp3) is 0.333. The highest BCUT2D eigenvalue weighted by atomic mass is 32.2. The summed E-state index contributed by atoms with van der Waals surface area (Å²) in [5, 5.41) is 0.824. The summed E-state index contributed by atoms with van der Waals surface area (Å²) >= 11 is 1.34. The summed E-state index contributed by atoms with van der Waals surface area (Å²) in [5.41, 5.74) is 0.816. The molecule has 118 valence electrons. The van der Waals surface area contributed by atoms with E-state index < -0.39 is 17.8 Å². The molecule has 0 N–H and O–H groups in total. The number of aryl methyl sites for hydroxylation is 1. The molecule has 1 aromatic carbocycles. The van der Waals surface area contributed by atoms with Crippen LogP contribution in [0, 0.1) is 18.6 Å². The van der Waals surface area contributed by atoms with E-state index in [2.05, 4.69) is 4.98 Å².